The maximum atomic E-state index is 12.1. The van der Waals surface area contributed by atoms with Gasteiger partial charge in [0.05, 0.1) is 0 Å². The average molecular weight is 191 g/mol. The minimum Gasteiger partial charge on any atom is -0.301 e. The summed E-state index contributed by atoms with van der Waals surface area (Å²) in [6.07, 6.45) is -0.118. The molecule has 1 heterocycles. The first-order valence-electron chi connectivity index (χ1n) is 5.11. The highest BCUT2D eigenvalue weighted by Gasteiger charge is 2.22. The van der Waals surface area contributed by atoms with Crippen molar-refractivity contribution in [1.82, 2.24) is 4.90 Å². The zero-order chi connectivity index (χ0) is 9.84. The Bertz CT molecular complexity index is 140. The molecule has 1 rings (SSSR count). The zero-order valence-corrected chi connectivity index (χ0v) is 8.47. The molecule has 0 spiro atoms. The van der Waals surface area contributed by atoms with E-state index in [-0.39, 0.29) is 12.3 Å². The van der Waals surface area contributed by atoms with Gasteiger partial charge in [-0.2, -0.15) is 0 Å². The summed E-state index contributed by atoms with van der Waals surface area (Å²) in [6, 6.07) is 0.563. The van der Waals surface area contributed by atoms with Crippen LogP contribution in [-0.2, 0) is 0 Å². The van der Waals surface area contributed by atoms with Crippen LogP contribution < -0.4 is 0 Å². The fourth-order valence-corrected chi connectivity index (χ4v) is 1.96. The Morgan fingerprint density at radius 3 is 2.15 bits per heavy atom. The van der Waals surface area contributed by atoms with Crippen molar-refractivity contribution >= 4 is 0 Å². The van der Waals surface area contributed by atoms with E-state index in [4.69, 9.17) is 0 Å². The first kappa shape index (κ1) is 10.9. The van der Waals surface area contributed by atoms with Crippen LogP contribution in [0.25, 0.3) is 0 Å². The Morgan fingerprint density at radius 1 is 1.23 bits per heavy atom. The molecule has 0 aromatic rings. The standard InChI is InChI=1S/C10H19F2N/c1-8(2)13-5-3-9(4-6-13)7-10(11)12/h8-10H,3-7H2,1-2H3. The van der Waals surface area contributed by atoms with Gasteiger partial charge in [0.15, 0.2) is 0 Å². The van der Waals surface area contributed by atoms with Crippen molar-refractivity contribution in [2.75, 3.05) is 13.1 Å². The van der Waals surface area contributed by atoms with E-state index >= 15 is 0 Å². The lowest BCUT2D eigenvalue weighted by Gasteiger charge is -2.34. The van der Waals surface area contributed by atoms with Gasteiger partial charge in [-0.15, -0.1) is 0 Å². The molecular weight excluding hydrogens is 172 g/mol. The van der Waals surface area contributed by atoms with Crippen LogP contribution >= 0.6 is 0 Å². The summed E-state index contributed by atoms with van der Waals surface area (Å²) in [7, 11) is 0. The van der Waals surface area contributed by atoms with Gasteiger partial charge in [0.25, 0.3) is 0 Å². The third kappa shape index (κ3) is 3.59. The SMILES string of the molecule is CC(C)N1CCC(CC(F)F)CC1. The van der Waals surface area contributed by atoms with E-state index in [9.17, 15) is 8.78 Å². The molecule has 0 N–H and O–H groups in total. The predicted octanol–water partition coefficient (Wildman–Crippen LogP) is 2.76. The van der Waals surface area contributed by atoms with E-state index in [1.807, 2.05) is 0 Å². The zero-order valence-electron chi connectivity index (χ0n) is 8.47. The topological polar surface area (TPSA) is 3.24 Å². The second-order valence-electron chi connectivity index (χ2n) is 4.20. The van der Waals surface area contributed by atoms with Gasteiger partial charge in [0.2, 0.25) is 6.43 Å². The van der Waals surface area contributed by atoms with Gasteiger partial charge >= 0.3 is 0 Å². The molecule has 1 nitrogen and oxygen atoms in total. The number of hydrogen-bond acceptors (Lipinski definition) is 1. The molecule has 1 aliphatic rings. The number of halogens is 2. The maximum Gasteiger partial charge on any atom is 0.238 e. The molecule has 0 aromatic heterocycles. The van der Waals surface area contributed by atoms with Gasteiger partial charge in [-0.1, -0.05) is 0 Å². The van der Waals surface area contributed by atoms with E-state index < -0.39 is 6.43 Å². The summed E-state index contributed by atoms with van der Waals surface area (Å²) in [5.74, 6) is 0.259. The van der Waals surface area contributed by atoms with Gasteiger partial charge in [-0.25, -0.2) is 8.78 Å². The monoisotopic (exact) mass is 191 g/mol. The Kier molecular flexibility index (Phi) is 4.10. The number of piperidine rings is 1. The quantitative estimate of drug-likeness (QED) is 0.663. The highest BCUT2D eigenvalue weighted by atomic mass is 19.3. The molecule has 0 bridgehead atoms. The molecule has 0 radical (unpaired) electrons. The third-order valence-electron chi connectivity index (χ3n) is 2.89. The average Bonchev–Trinajstić information content (AvgIpc) is 2.04. The van der Waals surface area contributed by atoms with Crippen LogP contribution in [0.5, 0.6) is 0 Å². The first-order chi connectivity index (χ1) is 6.09. The van der Waals surface area contributed by atoms with Crippen molar-refractivity contribution in [3.63, 3.8) is 0 Å². The Morgan fingerprint density at radius 2 is 1.77 bits per heavy atom. The van der Waals surface area contributed by atoms with E-state index in [0.29, 0.717) is 6.04 Å². The molecule has 1 aliphatic heterocycles. The Labute approximate surface area is 79.1 Å². The third-order valence-corrected chi connectivity index (χ3v) is 2.89. The molecule has 0 unspecified atom stereocenters. The van der Waals surface area contributed by atoms with Crippen LogP contribution in [0.15, 0.2) is 0 Å². The molecule has 0 amide bonds. The molecular formula is C10H19F2N. The molecule has 0 aromatic carbocycles. The molecule has 0 saturated carbocycles. The fourth-order valence-electron chi connectivity index (χ4n) is 1.96. The van der Waals surface area contributed by atoms with E-state index in [1.165, 1.54) is 0 Å². The minimum atomic E-state index is -2.12. The van der Waals surface area contributed by atoms with Crippen molar-refractivity contribution in [2.24, 2.45) is 5.92 Å². The second kappa shape index (κ2) is 4.89. The van der Waals surface area contributed by atoms with Crippen LogP contribution in [0.4, 0.5) is 8.78 Å². The molecule has 1 fully saturated rings. The summed E-state index contributed by atoms with van der Waals surface area (Å²) in [5, 5.41) is 0. The van der Waals surface area contributed by atoms with Gasteiger partial charge < -0.3 is 4.90 Å². The summed E-state index contributed by atoms with van der Waals surface area (Å²) < 4.78 is 24.1. The molecule has 0 aliphatic carbocycles. The van der Waals surface area contributed by atoms with E-state index in [0.717, 1.165) is 25.9 Å². The number of hydrogen-bond donors (Lipinski definition) is 0. The van der Waals surface area contributed by atoms with Crippen LogP contribution in [0.2, 0.25) is 0 Å². The van der Waals surface area contributed by atoms with E-state index in [2.05, 4.69) is 18.7 Å². The highest BCUT2D eigenvalue weighted by molar-refractivity contribution is 4.74. The van der Waals surface area contributed by atoms with E-state index in [1.54, 1.807) is 0 Å². The molecule has 13 heavy (non-hydrogen) atoms. The Hall–Kier alpha value is -0.180. The smallest absolute Gasteiger partial charge is 0.238 e. The highest BCUT2D eigenvalue weighted by Crippen LogP contribution is 2.24. The van der Waals surface area contributed by atoms with Crippen LogP contribution in [0.3, 0.4) is 0 Å². The van der Waals surface area contributed by atoms with Gasteiger partial charge in [0, 0.05) is 12.5 Å². The molecule has 78 valence electrons. The van der Waals surface area contributed by atoms with Crippen molar-refractivity contribution < 1.29 is 8.78 Å². The summed E-state index contributed by atoms with van der Waals surface area (Å²) >= 11 is 0. The number of likely N-dealkylation sites (tertiary alicyclic amines) is 1. The molecule has 1 saturated heterocycles. The number of nitrogens with zero attached hydrogens (tertiary/aromatic N) is 1. The largest absolute Gasteiger partial charge is 0.301 e. The van der Waals surface area contributed by atoms with Gasteiger partial charge in [-0.05, 0) is 45.7 Å². The normalized spacial score (nSPS) is 21.7. The number of alkyl halides is 2. The lowest BCUT2D eigenvalue weighted by Crippen LogP contribution is -2.38. The summed E-state index contributed by atoms with van der Waals surface area (Å²) in [4.78, 5) is 2.36. The summed E-state index contributed by atoms with van der Waals surface area (Å²) in [5.41, 5.74) is 0. The molecule has 3 heteroatoms. The lowest BCUT2D eigenvalue weighted by molar-refractivity contribution is 0.0791. The van der Waals surface area contributed by atoms with Gasteiger partial charge in [0.1, 0.15) is 0 Å². The molecule has 0 atom stereocenters. The minimum absolute atomic E-state index is 0.103. The van der Waals surface area contributed by atoms with Crippen molar-refractivity contribution in [1.29, 1.82) is 0 Å². The maximum absolute atomic E-state index is 12.1. The Balaban J connectivity index is 2.22. The van der Waals surface area contributed by atoms with Gasteiger partial charge in [-0.3, -0.25) is 0 Å². The predicted molar refractivity (Wildman–Crippen MR) is 50.1 cm³/mol. The van der Waals surface area contributed by atoms with Crippen LogP contribution in [0.1, 0.15) is 33.1 Å². The fraction of sp³-hybridized carbons (Fsp3) is 1.00. The lowest BCUT2D eigenvalue weighted by atomic mass is 9.93. The van der Waals surface area contributed by atoms with Crippen molar-refractivity contribution in [2.45, 2.75) is 45.6 Å². The van der Waals surface area contributed by atoms with Crippen LogP contribution in [-0.4, -0.2) is 30.5 Å². The van der Waals surface area contributed by atoms with Crippen molar-refractivity contribution in [3.05, 3.63) is 0 Å². The van der Waals surface area contributed by atoms with Crippen molar-refractivity contribution in [3.8, 4) is 0 Å². The van der Waals surface area contributed by atoms with Crippen LogP contribution in [0, 0.1) is 5.92 Å². The number of rotatable bonds is 3. The summed E-state index contributed by atoms with van der Waals surface area (Å²) in [6.45, 7) is 6.31. The second-order valence-corrected chi connectivity index (χ2v) is 4.20. The first-order valence-corrected chi connectivity index (χ1v) is 5.11.